The van der Waals surface area contributed by atoms with E-state index in [1.54, 1.807) is 6.07 Å². The van der Waals surface area contributed by atoms with Crippen LogP contribution in [-0.4, -0.2) is 17.6 Å². The number of nitrogens with two attached hydrogens (primary N) is 1. The highest BCUT2D eigenvalue weighted by Gasteiger charge is 2.04. The van der Waals surface area contributed by atoms with Crippen molar-refractivity contribution < 1.29 is 9.53 Å². The fourth-order valence-corrected chi connectivity index (χ4v) is 0.884. The van der Waals surface area contributed by atoms with Crippen molar-refractivity contribution in [3.63, 3.8) is 0 Å². The number of carbonyl (C=O) groups is 1. The van der Waals surface area contributed by atoms with E-state index in [9.17, 15) is 9.59 Å². The monoisotopic (exact) mass is 218 g/mol. The number of nitrogens with zero attached hydrogens (tertiary/aromatic N) is 1. The Morgan fingerprint density at radius 2 is 2.29 bits per heavy atom. The zero-order valence-electron chi connectivity index (χ0n) is 7.60. The molecule has 78 valence electrons. The molecule has 6 heteroatoms. The van der Waals surface area contributed by atoms with Gasteiger partial charge in [-0.25, -0.2) is 0 Å². The van der Waals surface area contributed by atoms with Gasteiger partial charge in [0.15, 0.2) is 0 Å². The first-order chi connectivity index (χ1) is 6.15. The van der Waals surface area contributed by atoms with Gasteiger partial charge < -0.3 is 15.0 Å². The maximum Gasteiger partial charge on any atom is 0.325 e. The van der Waals surface area contributed by atoms with Crippen molar-refractivity contribution >= 4 is 24.1 Å². The molecular weight excluding hydrogens is 208 g/mol. The zero-order valence-corrected chi connectivity index (χ0v) is 8.41. The van der Waals surface area contributed by atoms with Crippen molar-refractivity contribution in [2.75, 3.05) is 12.8 Å². The first kappa shape index (κ1) is 12.5. The van der Waals surface area contributed by atoms with Gasteiger partial charge in [-0.2, -0.15) is 0 Å². The second-order valence-corrected chi connectivity index (χ2v) is 2.47. The summed E-state index contributed by atoms with van der Waals surface area (Å²) in [6.07, 6.45) is 1.48. The number of methoxy groups -OCH3 is 1. The number of carbonyl (C=O) groups excluding carboxylic acids is 1. The summed E-state index contributed by atoms with van der Waals surface area (Å²) in [7, 11) is 1.26. The number of nitrogen functional groups attached to an aromatic ring is 1. The molecule has 0 radical (unpaired) electrons. The van der Waals surface area contributed by atoms with E-state index in [0.717, 1.165) is 0 Å². The lowest BCUT2D eigenvalue weighted by Crippen LogP contribution is -2.25. The number of pyridine rings is 1. The molecule has 0 aromatic carbocycles. The number of rotatable bonds is 2. The summed E-state index contributed by atoms with van der Waals surface area (Å²) in [5.41, 5.74) is 5.09. The highest BCUT2D eigenvalue weighted by Crippen LogP contribution is 1.92. The lowest BCUT2D eigenvalue weighted by atomic mass is 10.4. The Labute approximate surface area is 86.9 Å². The number of halogens is 1. The van der Waals surface area contributed by atoms with Crippen LogP contribution in [0.2, 0.25) is 0 Å². The zero-order chi connectivity index (χ0) is 9.84. The van der Waals surface area contributed by atoms with E-state index < -0.39 is 5.97 Å². The van der Waals surface area contributed by atoms with Gasteiger partial charge in [-0.3, -0.25) is 9.59 Å². The second-order valence-electron chi connectivity index (χ2n) is 2.47. The van der Waals surface area contributed by atoms with E-state index in [4.69, 9.17) is 5.73 Å². The first-order valence-corrected chi connectivity index (χ1v) is 3.67. The molecule has 0 aliphatic heterocycles. The molecule has 0 bridgehead atoms. The topological polar surface area (TPSA) is 74.3 Å². The molecule has 0 atom stereocenters. The van der Waals surface area contributed by atoms with Gasteiger partial charge in [-0.05, 0) is 12.1 Å². The Bertz CT molecular complexity index is 375. The summed E-state index contributed by atoms with van der Waals surface area (Å²) in [4.78, 5) is 22.1. The number of ether oxygens (including phenoxy) is 1. The number of hydrogen-bond acceptors (Lipinski definition) is 4. The minimum atomic E-state index is -0.479. The predicted molar refractivity (Wildman–Crippen MR) is 54.4 cm³/mol. The summed E-state index contributed by atoms with van der Waals surface area (Å²) in [5.74, 6) is -0.479. The summed E-state index contributed by atoms with van der Waals surface area (Å²) in [6.45, 7) is -0.111. The molecule has 0 aliphatic rings. The van der Waals surface area contributed by atoms with E-state index in [2.05, 4.69) is 4.74 Å². The molecule has 1 rings (SSSR count). The lowest BCUT2D eigenvalue weighted by molar-refractivity contribution is -0.141. The average molecular weight is 219 g/mol. The van der Waals surface area contributed by atoms with Crippen LogP contribution in [0.25, 0.3) is 0 Å². The Hall–Kier alpha value is -1.49. The van der Waals surface area contributed by atoms with Gasteiger partial charge in [0, 0.05) is 6.20 Å². The maximum atomic E-state index is 11.3. The summed E-state index contributed by atoms with van der Waals surface area (Å²) in [6, 6.07) is 3.08. The Morgan fingerprint density at radius 3 is 2.86 bits per heavy atom. The van der Waals surface area contributed by atoms with Gasteiger partial charge in [0.1, 0.15) is 6.54 Å². The Balaban J connectivity index is 0.00000169. The normalized spacial score (nSPS) is 8.93. The summed E-state index contributed by atoms with van der Waals surface area (Å²) < 4.78 is 5.61. The van der Waals surface area contributed by atoms with Gasteiger partial charge in [0.05, 0.1) is 12.8 Å². The fraction of sp³-hybridized carbons (Fsp3) is 0.250. The predicted octanol–water partition coefficient (Wildman–Crippen LogP) is 0.0253. The van der Waals surface area contributed by atoms with Crippen molar-refractivity contribution in [2.45, 2.75) is 6.54 Å². The maximum absolute atomic E-state index is 11.3. The molecule has 0 amide bonds. The SMILES string of the molecule is COC(=O)Cn1cccc(N)c1=O.Cl. The molecule has 0 saturated carbocycles. The van der Waals surface area contributed by atoms with E-state index >= 15 is 0 Å². The average Bonchev–Trinajstić information content (AvgIpc) is 2.13. The molecule has 0 fully saturated rings. The number of aromatic nitrogens is 1. The van der Waals surface area contributed by atoms with Crippen molar-refractivity contribution in [1.29, 1.82) is 0 Å². The first-order valence-electron chi connectivity index (χ1n) is 3.67. The van der Waals surface area contributed by atoms with Crippen LogP contribution in [0.3, 0.4) is 0 Å². The van der Waals surface area contributed by atoms with E-state index in [0.29, 0.717) is 0 Å². The van der Waals surface area contributed by atoms with Crippen molar-refractivity contribution in [3.05, 3.63) is 28.7 Å². The highest BCUT2D eigenvalue weighted by atomic mass is 35.5. The second kappa shape index (κ2) is 5.29. The van der Waals surface area contributed by atoms with Crippen molar-refractivity contribution in [1.82, 2.24) is 4.57 Å². The largest absolute Gasteiger partial charge is 0.468 e. The molecule has 0 spiro atoms. The van der Waals surface area contributed by atoms with Gasteiger partial charge >= 0.3 is 5.97 Å². The third kappa shape index (κ3) is 2.77. The number of hydrogen-bond donors (Lipinski definition) is 1. The minimum absolute atomic E-state index is 0. The fourth-order valence-electron chi connectivity index (χ4n) is 0.884. The van der Waals surface area contributed by atoms with Gasteiger partial charge in [-0.15, -0.1) is 12.4 Å². The summed E-state index contributed by atoms with van der Waals surface area (Å²) >= 11 is 0. The lowest BCUT2D eigenvalue weighted by Gasteiger charge is -2.03. The van der Waals surface area contributed by atoms with Crippen LogP contribution in [0.15, 0.2) is 23.1 Å². The van der Waals surface area contributed by atoms with Crippen LogP contribution in [0.5, 0.6) is 0 Å². The molecule has 1 aromatic heterocycles. The summed E-state index contributed by atoms with van der Waals surface area (Å²) in [5, 5.41) is 0. The minimum Gasteiger partial charge on any atom is -0.468 e. The van der Waals surface area contributed by atoms with E-state index in [-0.39, 0.29) is 30.2 Å². The van der Waals surface area contributed by atoms with Gasteiger partial charge in [0.2, 0.25) is 0 Å². The Morgan fingerprint density at radius 1 is 1.64 bits per heavy atom. The number of anilines is 1. The molecule has 1 heterocycles. The molecule has 0 saturated heterocycles. The van der Waals surface area contributed by atoms with E-state index in [1.807, 2.05) is 0 Å². The van der Waals surface area contributed by atoms with E-state index in [1.165, 1.54) is 23.9 Å². The van der Waals surface area contributed by atoms with Crippen LogP contribution in [0.1, 0.15) is 0 Å². The smallest absolute Gasteiger partial charge is 0.325 e. The van der Waals surface area contributed by atoms with Crippen LogP contribution in [-0.2, 0) is 16.1 Å². The molecule has 1 aromatic rings. The van der Waals surface area contributed by atoms with Gasteiger partial charge in [-0.1, -0.05) is 0 Å². The quantitative estimate of drug-likeness (QED) is 0.711. The van der Waals surface area contributed by atoms with Crippen LogP contribution in [0, 0.1) is 0 Å². The van der Waals surface area contributed by atoms with Crippen LogP contribution in [0.4, 0.5) is 5.69 Å². The van der Waals surface area contributed by atoms with Crippen molar-refractivity contribution in [2.24, 2.45) is 0 Å². The van der Waals surface area contributed by atoms with Crippen molar-refractivity contribution in [3.8, 4) is 0 Å². The van der Waals surface area contributed by atoms with Crippen LogP contribution >= 0.6 is 12.4 Å². The molecule has 14 heavy (non-hydrogen) atoms. The van der Waals surface area contributed by atoms with Crippen LogP contribution < -0.4 is 11.3 Å². The Kier molecular flexibility index (Phi) is 4.72. The third-order valence-corrected chi connectivity index (χ3v) is 1.58. The highest BCUT2D eigenvalue weighted by molar-refractivity contribution is 5.85. The molecule has 0 aliphatic carbocycles. The molecule has 0 unspecified atom stereocenters. The van der Waals surface area contributed by atoms with Gasteiger partial charge in [0.25, 0.3) is 5.56 Å². The number of esters is 1. The molecular formula is C8H11ClN2O3. The molecule has 5 nitrogen and oxygen atoms in total. The third-order valence-electron chi connectivity index (χ3n) is 1.58. The molecule has 2 N–H and O–H groups in total. The standard InChI is InChI=1S/C8H10N2O3.ClH/c1-13-7(11)5-10-4-2-3-6(9)8(10)12;/h2-4H,5,9H2,1H3;1H.